The van der Waals surface area contributed by atoms with Gasteiger partial charge in [0.05, 0.1) is 11.5 Å². The Morgan fingerprint density at radius 1 is 1.21 bits per heavy atom. The molecular formula is C12H21ClN2O3S. The lowest BCUT2D eigenvalue weighted by Gasteiger charge is -2.07. The van der Waals surface area contributed by atoms with E-state index in [0.717, 1.165) is 12.8 Å². The average molecular weight is 309 g/mol. The Hall–Kier alpha value is -0.820. The first-order valence-corrected chi connectivity index (χ1v) is 7.51. The highest BCUT2D eigenvalue weighted by Crippen LogP contribution is 2.15. The van der Waals surface area contributed by atoms with Gasteiger partial charge in [-0.05, 0) is 50.6 Å². The van der Waals surface area contributed by atoms with Crippen LogP contribution in [-0.4, -0.2) is 28.1 Å². The van der Waals surface area contributed by atoms with Gasteiger partial charge in [-0.2, -0.15) is 0 Å². The Labute approximate surface area is 121 Å². The molecule has 1 aromatic carbocycles. The van der Waals surface area contributed by atoms with Gasteiger partial charge in [0.2, 0.25) is 10.0 Å². The maximum atomic E-state index is 11.9. The summed E-state index contributed by atoms with van der Waals surface area (Å²) in [5.74, 6) is 0.666. The summed E-state index contributed by atoms with van der Waals surface area (Å²) in [5, 5.41) is 0. The van der Waals surface area contributed by atoms with E-state index in [9.17, 15) is 8.42 Å². The molecule has 3 N–H and O–H groups in total. The number of benzene rings is 1. The largest absolute Gasteiger partial charge is 0.494 e. The molecule has 0 aliphatic carbocycles. The van der Waals surface area contributed by atoms with Crippen molar-refractivity contribution in [1.29, 1.82) is 0 Å². The molecule has 0 unspecified atom stereocenters. The van der Waals surface area contributed by atoms with Gasteiger partial charge in [-0.25, -0.2) is 13.1 Å². The van der Waals surface area contributed by atoms with Crippen LogP contribution in [0.1, 0.15) is 19.8 Å². The van der Waals surface area contributed by atoms with Crippen molar-refractivity contribution in [1.82, 2.24) is 4.72 Å². The van der Waals surface area contributed by atoms with E-state index in [1.54, 1.807) is 12.1 Å². The van der Waals surface area contributed by atoms with Crippen LogP contribution in [0.2, 0.25) is 0 Å². The van der Waals surface area contributed by atoms with Gasteiger partial charge in [0, 0.05) is 6.54 Å². The van der Waals surface area contributed by atoms with E-state index < -0.39 is 10.0 Å². The van der Waals surface area contributed by atoms with Crippen molar-refractivity contribution < 1.29 is 13.2 Å². The molecule has 0 aliphatic heterocycles. The van der Waals surface area contributed by atoms with Gasteiger partial charge in [0.15, 0.2) is 0 Å². The molecule has 0 aromatic heterocycles. The predicted molar refractivity (Wildman–Crippen MR) is 78.3 cm³/mol. The molecule has 0 atom stereocenters. The summed E-state index contributed by atoms with van der Waals surface area (Å²) in [5.41, 5.74) is 5.34. The normalized spacial score (nSPS) is 10.8. The molecule has 0 spiro atoms. The van der Waals surface area contributed by atoms with E-state index >= 15 is 0 Å². The Bertz CT molecular complexity index is 449. The number of halogens is 1. The number of hydrogen-bond acceptors (Lipinski definition) is 4. The second-order valence-corrected chi connectivity index (χ2v) is 5.56. The molecule has 7 heteroatoms. The van der Waals surface area contributed by atoms with Crippen molar-refractivity contribution in [2.75, 3.05) is 19.7 Å². The van der Waals surface area contributed by atoms with Gasteiger partial charge in [0.25, 0.3) is 0 Å². The standard InChI is InChI=1S/C12H20N2O3S.ClH/c1-2-17-11-5-7-12(8-6-11)18(15,16)14-10-4-3-9-13;/h5-8,14H,2-4,9-10,13H2,1H3;1H. The molecule has 0 amide bonds. The molecule has 0 aliphatic rings. The second kappa shape index (κ2) is 9.14. The monoisotopic (exact) mass is 308 g/mol. The Balaban J connectivity index is 0.00000324. The zero-order valence-electron chi connectivity index (χ0n) is 11.0. The van der Waals surface area contributed by atoms with Crippen molar-refractivity contribution >= 4 is 22.4 Å². The molecule has 1 rings (SSSR count). The summed E-state index contributed by atoms with van der Waals surface area (Å²) in [7, 11) is -3.42. The van der Waals surface area contributed by atoms with Gasteiger partial charge in [-0.3, -0.25) is 0 Å². The molecule has 0 saturated heterocycles. The number of nitrogens with two attached hydrogens (primary N) is 1. The molecule has 0 bridgehead atoms. The highest BCUT2D eigenvalue weighted by molar-refractivity contribution is 7.89. The topological polar surface area (TPSA) is 81.4 Å². The summed E-state index contributed by atoms with van der Waals surface area (Å²) in [4.78, 5) is 0.249. The van der Waals surface area contributed by atoms with E-state index in [0.29, 0.717) is 25.4 Å². The Morgan fingerprint density at radius 2 is 1.84 bits per heavy atom. The molecule has 19 heavy (non-hydrogen) atoms. The lowest BCUT2D eigenvalue weighted by Crippen LogP contribution is -2.25. The fraction of sp³-hybridized carbons (Fsp3) is 0.500. The van der Waals surface area contributed by atoms with Crippen molar-refractivity contribution in [2.45, 2.75) is 24.7 Å². The number of nitrogens with one attached hydrogen (secondary N) is 1. The van der Waals surface area contributed by atoms with Crippen molar-refractivity contribution in [2.24, 2.45) is 5.73 Å². The predicted octanol–water partition coefficient (Wildman–Crippen LogP) is 1.52. The highest BCUT2D eigenvalue weighted by atomic mass is 35.5. The summed E-state index contributed by atoms with van der Waals surface area (Å²) in [6.07, 6.45) is 1.55. The van der Waals surface area contributed by atoms with E-state index in [1.807, 2.05) is 6.92 Å². The van der Waals surface area contributed by atoms with Gasteiger partial charge in [-0.15, -0.1) is 12.4 Å². The second-order valence-electron chi connectivity index (χ2n) is 3.80. The summed E-state index contributed by atoms with van der Waals surface area (Å²) >= 11 is 0. The van der Waals surface area contributed by atoms with Gasteiger partial charge in [0.1, 0.15) is 5.75 Å². The number of rotatable bonds is 8. The molecule has 0 radical (unpaired) electrons. The van der Waals surface area contributed by atoms with Crippen molar-refractivity contribution in [3.8, 4) is 5.75 Å². The number of sulfonamides is 1. The van der Waals surface area contributed by atoms with Crippen LogP contribution in [0, 0.1) is 0 Å². The first-order valence-electron chi connectivity index (χ1n) is 6.02. The van der Waals surface area contributed by atoms with Gasteiger partial charge < -0.3 is 10.5 Å². The van der Waals surface area contributed by atoms with E-state index in [4.69, 9.17) is 10.5 Å². The first-order chi connectivity index (χ1) is 8.60. The molecule has 0 heterocycles. The van der Waals surface area contributed by atoms with Crippen LogP contribution in [-0.2, 0) is 10.0 Å². The number of hydrogen-bond donors (Lipinski definition) is 2. The molecular weight excluding hydrogens is 288 g/mol. The third-order valence-corrected chi connectivity index (χ3v) is 3.84. The zero-order valence-corrected chi connectivity index (χ0v) is 12.6. The zero-order chi connectivity index (χ0) is 13.4. The third kappa shape index (κ3) is 6.24. The maximum Gasteiger partial charge on any atom is 0.240 e. The van der Waals surface area contributed by atoms with E-state index in [-0.39, 0.29) is 17.3 Å². The van der Waals surface area contributed by atoms with Crippen LogP contribution in [0.5, 0.6) is 5.75 Å². The van der Waals surface area contributed by atoms with Crippen molar-refractivity contribution in [3.63, 3.8) is 0 Å². The average Bonchev–Trinajstić information content (AvgIpc) is 2.36. The minimum Gasteiger partial charge on any atom is -0.494 e. The highest BCUT2D eigenvalue weighted by Gasteiger charge is 2.12. The van der Waals surface area contributed by atoms with E-state index in [1.165, 1.54) is 12.1 Å². The quantitative estimate of drug-likeness (QED) is 0.714. The fourth-order valence-corrected chi connectivity index (χ4v) is 2.52. The minimum atomic E-state index is -3.42. The molecule has 0 fully saturated rings. The third-order valence-electron chi connectivity index (χ3n) is 2.37. The summed E-state index contributed by atoms with van der Waals surface area (Å²) < 4.78 is 31.6. The van der Waals surface area contributed by atoms with Crippen LogP contribution in [0.4, 0.5) is 0 Å². The Kier molecular flexibility index (Phi) is 8.75. The van der Waals surface area contributed by atoms with Crippen LogP contribution in [0.15, 0.2) is 29.2 Å². The lowest BCUT2D eigenvalue weighted by molar-refractivity contribution is 0.340. The van der Waals surface area contributed by atoms with E-state index in [2.05, 4.69) is 4.72 Å². The first kappa shape index (κ1) is 18.2. The van der Waals surface area contributed by atoms with Crippen LogP contribution in [0.3, 0.4) is 0 Å². The van der Waals surface area contributed by atoms with Gasteiger partial charge in [-0.1, -0.05) is 0 Å². The van der Waals surface area contributed by atoms with Crippen LogP contribution in [0.25, 0.3) is 0 Å². The van der Waals surface area contributed by atoms with Crippen LogP contribution >= 0.6 is 12.4 Å². The van der Waals surface area contributed by atoms with Gasteiger partial charge >= 0.3 is 0 Å². The molecule has 5 nitrogen and oxygen atoms in total. The maximum absolute atomic E-state index is 11.9. The van der Waals surface area contributed by atoms with Crippen LogP contribution < -0.4 is 15.2 Å². The Morgan fingerprint density at radius 3 is 2.37 bits per heavy atom. The molecule has 1 aromatic rings. The summed E-state index contributed by atoms with van der Waals surface area (Å²) in [6, 6.07) is 6.38. The smallest absolute Gasteiger partial charge is 0.240 e. The van der Waals surface area contributed by atoms with Crippen molar-refractivity contribution in [3.05, 3.63) is 24.3 Å². The number of ether oxygens (including phenoxy) is 1. The number of unbranched alkanes of at least 4 members (excludes halogenated alkanes) is 1. The fourth-order valence-electron chi connectivity index (χ4n) is 1.44. The SMILES string of the molecule is CCOc1ccc(S(=O)(=O)NCCCCN)cc1.Cl. The molecule has 110 valence electrons. The lowest BCUT2D eigenvalue weighted by atomic mass is 10.3. The molecule has 0 saturated carbocycles. The minimum absolute atomic E-state index is 0. The summed E-state index contributed by atoms with van der Waals surface area (Å²) in [6.45, 7) is 3.42.